The third-order valence-corrected chi connectivity index (χ3v) is 7.13. The second-order valence-corrected chi connectivity index (χ2v) is 8.56. The molecule has 3 nitrogen and oxygen atoms in total. The highest BCUT2D eigenvalue weighted by Crippen LogP contribution is 2.41. The van der Waals surface area contributed by atoms with E-state index in [1.54, 1.807) is 11.8 Å². The number of fused-ring (bicyclic) bond motifs is 3. The molecule has 0 spiro atoms. The third kappa shape index (κ3) is 2.58. The zero-order chi connectivity index (χ0) is 15.1. The highest BCUT2D eigenvalue weighted by atomic mass is 32.2. The lowest BCUT2D eigenvalue weighted by atomic mass is 9.97. The van der Waals surface area contributed by atoms with Crippen LogP contribution in [0.25, 0.3) is 10.2 Å². The number of carbonyl (C=O) groups excluding carboxylic acids is 1. The molecule has 0 N–H and O–H groups in total. The fraction of sp³-hybridized carbons (Fsp3) is 0.588. The highest BCUT2D eigenvalue weighted by molar-refractivity contribution is 8.00. The summed E-state index contributed by atoms with van der Waals surface area (Å²) in [5.41, 5.74) is 1.47. The van der Waals surface area contributed by atoms with Crippen LogP contribution < -0.4 is 0 Å². The van der Waals surface area contributed by atoms with Gasteiger partial charge in [-0.05, 0) is 51.0 Å². The quantitative estimate of drug-likeness (QED) is 0.760. The summed E-state index contributed by atoms with van der Waals surface area (Å²) in [5, 5.41) is 2.42. The van der Waals surface area contributed by atoms with Gasteiger partial charge in [-0.3, -0.25) is 4.79 Å². The van der Waals surface area contributed by atoms with Gasteiger partial charge in [-0.2, -0.15) is 0 Å². The van der Waals surface area contributed by atoms with Crippen LogP contribution in [0.15, 0.2) is 5.03 Å². The molecule has 2 aliphatic carbocycles. The lowest BCUT2D eigenvalue weighted by Gasteiger charge is -2.20. The monoisotopic (exact) mass is 332 g/mol. The zero-order valence-corrected chi connectivity index (χ0v) is 14.5. The van der Waals surface area contributed by atoms with E-state index in [1.807, 2.05) is 18.3 Å². The van der Waals surface area contributed by atoms with E-state index in [9.17, 15) is 4.79 Å². The van der Waals surface area contributed by atoms with Crippen molar-refractivity contribution in [3.05, 3.63) is 16.3 Å². The lowest BCUT2D eigenvalue weighted by Crippen LogP contribution is -2.21. The maximum Gasteiger partial charge on any atom is 0.146 e. The first-order valence-corrected chi connectivity index (χ1v) is 9.90. The van der Waals surface area contributed by atoms with Crippen molar-refractivity contribution in [3.63, 3.8) is 0 Å². The Kier molecular flexibility index (Phi) is 3.95. The Labute approximate surface area is 138 Å². The molecule has 0 unspecified atom stereocenters. The number of thioether (sulfide) groups is 1. The molecule has 1 saturated carbocycles. The summed E-state index contributed by atoms with van der Waals surface area (Å²) in [5.74, 6) is 1.24. The van der Waals surface area contributed by atoms with Gasteiger partial charge in [0.25, 0.3) is 0 Å². The van der Waals surface area contributed by atoms with Crippen LogP contribution in [0.3, 0.4) is 0 Å². The van der Waals surface area contributed by atoms with Gasteiger partial charge in [0.15, 0.2) is 0 Å². The van der Waals surface area contributed by atoms with Crippen LogP contribution in [-0.2, 0) is 17.6 Å². The Balaban J connectivity index is 1.78. The predicted molar refractivity (Wildman–Crippen MR) is 91.9 cm³/mol. The van der Waals surface area contributed by atoms with E-state index >= 15 is 0 Å². The molecule has 1 atom stereocenters. The molecule has 0 amide bonds. The summed E-state index contributed by atoms with van der Waals surface area (Å²) >= 11 is 3.54. The van der Waals surface area contributed by atoms with E-state index in [-0.39, 0.29) is 5.25 Å². The Bertz CT molecular complexity index is 738. The number of hydrogen-bond donors (Lipinski definition) is 0. The van der Waals surface area contributed by atoms with Gasteiger partial charge in [-0.1, -0.05) is 18.2 Å². The van der Waals surface area contributed by atoms with E-state index in [0.717, 1.165) is 41.4 Å². The van der Waals surface area contributed by atoms with Crippen molar-refractivity contribution in [1.82, 2.24) is 9.97 Å². The highest BCUT2D eigenvalue weighted by Gasteiger charge is 2.27. The van der Waals surface area contributed by atoms with E-state index in [0.29, 0.717) is 5.78 Å². The maximum atomic E-state index is 12.2. The van der Waals surface area contributed by atoms with Crippen LogP contribution in [0.5, 0.6) is 0 Å². The largest absolute Gasteiger partial charge is 0.298 e. The standard InChI is InChI=1S/C17H20N2OS2/c1-10-18-16-15(11-6-2-4-8-13(11)21-16)17(19-10)22-14-9-5-3-7-12(14)20/h14H,2-9H2,1H3/t14-/m1/s1. The predicted octanol–water partition coefficient (Wildman–Crippen LogP) is 4.48. The first-order valence-electron chi connectivity index (χ1n) is 8.20. The Morgan fingerprint density at radius 3 is 2.77 bits per heavy atom. The molecule has 116 valence electrons. The molecule has 4 rings (SSSR count). The number of carbonyl (C=O) groups is 1. The Morgan fingerprint density at radius 2 is 1.91 bits per heavy atom. The van der Waals surface area contributed by atoms with Crippen molar-refractivity contribution in [1.29, 1.82) is 0 Å². The Hall–Kier alpha value is -0.940. The van der Waals surface area contributed by atoms with E-state index in [2.05, 4.69) is 4.98 Å². The van der Waals surface area contributed by atoms with Gasteiger partial charge in [0, 0.05) is 16.7 Å². The number of thiophene rings is 1. The molecule has 0 aliphatic heterocycles. The number of rotatable bonds is 2. The smallest absolute Gasteiger partial charge is 0.146 e. The molecule has 0 bridgehead atoms. The van der Waals surface area contributed by atoms with Crippen molar-refractivity contribution in [2.45, 2.75) is 68.6 Å². The van der Waals surface area contributed by atoms with Crippen molar-refractivity contribution < 1.29 is 4.79 Å². The van der Waals surface area contributed by atoms with E-state index in [4.69, 9.17) is 4.98 Å². The number of ketones is 1. The summed E-state index contributed by atoms with van der Waals surface area (Å²) < 4.78 is 0. The van der Waals surface area contributed by atoms with Gasteiger partial charge >= 0.3 is 0 Å². The van der Waals surface area contributed by atoms with E-state index in [1.165, 1.54) is 41.5 Å². The lowest BCUT2D eigenvalue weighted by molar-refractivity contribution is -0.119. The van der Waals surface area contributed by atoms with E-state index < -0.39 is 0 Å². The van der Waals surface area contributed by atoms with Gasteiger partial charge in [0.1, 0.15) is 21.5 Å². The van der Waals surface area contributed by atoms with Crippen molar-refractivity contribution >= 4 is 39.1 Å². The first-order chi connectivity index (χ1) is 10.7. The van der Waals surface area contributed by atoms with Crippen LogP contribution in [0, 0.1) is 6.92 Å². The average molecular weight is 332 g/mol. The van der Waals surface area contributed by atoms with Gasteiger partial charge in [0.05, 0.1) is 5.25 Å². The molecule has 2 aromatic heterocycles. The Morgan fingerprint density at radius 1 is 1.09 bits per heavy atom. The topological polar surface area (TPSA) is 42.9 Å². The molecule has 2 heterocycles. The average Bonchev–Trinajstić information content (AvgIpc) is 2.87. The molecule has 0 saturated heterocycles. The van der Waals surface area contributed by atoms with Gasteiger partial charge < -0.3 is 0 Å². The van der Waals surface area contributed by atoms with Crippen molar-refractivity contribution in [2.75, 3.05) is 0 Å². The molecule has 5 heteroatoms. The van der Waals surface area contributed by atoms with Crippen molar-refractivity contribution in [3.8, 4) is 0 Å². The maximum absolute atomic E-state index is 12.2. The van der Waals surface area contributed by atoms with Crippen LogP contribution in [-0.4, -0.2) is 21.0 Å². The molecule has 2 aliphatic rings. The summed E-state index contributed by atoms with van der Waals surface area (Å²) in [6, 6.07) is 0. The molecule has 1 fully saturated rings. The summed E-state index contributed by atoms with van der Waals surface area (Å²) in [4.78, 5) is 24.2. The number of aryl methyl sites for hydroxylation is 3. The SMILES string of the molecule is Cc1nc(S[C@@H]2CCCCC2=O)c2c3c(sc2n1)CCCC3. The molecular weight excluding hydrogens is 312 g/mol. The van der Waals surface area contributed by atoms with Crippen LogP contribution in [0.2, 0.25) is 0 Å². The molecule has 2 aromatic rings. The fourth-order valence-corrected chi connectivity index (χ4v) is 6.22. The fourth-order valence-electron chi connectivity index (χ4n) is 3.52. The van der Waals surface area contributed by atoms with Crippen LogP contribution in [0.4, 0.5) is 0 Å². The summed E-state index contributed by atoms with van der Waals surface area (Å²) in [7, 11) is 0. The van der Waals surface area contributed by atoms with Crippen LogP contribution >= 0.6 is 23.1 Å². The molecule has 0 aromatic carbocycles. The number of aromatic nitrogens is 2. The molecule has 0 radical (unpaired) electrons. The molecular formula is C17H20N2OS2. The second kappa shape index (κ2) is 5.93. The van der Waals surface area contributed by atoms with Crippen molar-refractivity contribution in [2.24, 2.45) is 0 Å². The number of Topliss-reactive ketones (excluding diaryl/α,β-unsaturated/α-hetero) is 1. The second-order valence-electron chi connectivity index (χ2n) is 6.29. The normalized spacial score (nSPS) is 22.0. The van der Waals surface area contributed by atoms with Gasteiger partial charge in [-0.15, -0.1) is 11.3 Å². The minimum atomic E-state index is 0.102. The van der Waals surface area contributed by atoms with Gasteiger partial charge in [0.2, 0.25) is 0 Å². The number of nitrogens with zero attached hydrogens (tertiary/aromatic N) is 2. The van der Waals surface area contributed by atoms with Crippen LogP contribution in [0.1, 0.15) is 54.8 Å². The summed E-state index contributed by atoms with van der Waals surface area (Å²) in [6.07, 6.45) is 8.85. The van der Waals surface area contributed by atoms with Gasteiger partial charge in [-0.25, -0.2) is 9.97 Å². The summed E-state index contributed by atoms with van der Waals surface area (Å²) in [6.45, 7) is 1.96. The minimum absolute atomic E-state index is 0.102. The third-order valence-electron chi connectivity index (χ3n) is 4.65. The molecule has 22 heavy (non-hydrogen) atoms. The number of hydrogen-bond acceptors (Lipinski definition) is 5. The minimum Gasteiger partial charge on any atom is -0.298 e. The zero-order valence-electron chi connectivity index (χ0n) is 12.9. The first kappa shape index (κ1) is 14.6.